The highest BCUT2D eigenvalue weighted by atomic mass is 15.0. The molecular formula is C22H17N3. The highest BCUT2D eigenvalue weighted by Crippen LogP contribution is 2.34. The fraction of sp³-hybridized carbons (Fsp3) is 0.0909. The predicted octanol–water partition coefficient (Wildman–Crippen LogP) is 5.32. The van der Waals surface area contributed by atoms with Gasteiger partial charge in [0.15, 0.2) is 0 Å². The molecule has 3 heterocycles. The van der Waals surface area contributed by atoms with Gasteiger partial charge in [0.25, 0.3) is 0 Å². The normalized spacial score (nSPS) is 11.6. The van der Waals surface area contributed by atoms with Crippen molar-refractivity contribution in [3.8, 4) is 11.3 Å². The molecule has 0 spiro atoms. The molecular weight excluding hydrogens is 306 g/mol. The molecule has 120 valence electrons. The van der Waals surface area contributed by atoms with Crippen molar-refractivity contribution in [2.24, 2.45) is 0 Å². The van der Waals surface area contributed by atoms with Crippen LogP contribution in [0.1, 0.15) is 11.1 Å². The predicted molar refractivity (Wildman–Crippen MR) is 103 cm³/mol. The summed E-state index contributed by atoms with van der Waals surface area (Å²) in [5.74, 6) is 0. The summed E-state index contributed by atoms with van der Waals surface area (Å²) in [4.78, 5) is 9.46. The second kappa shape index (κ2) is 5.15. The van der Waals surface area contributed by atoms with Crippen LogP contribution in [-0.4, -0.2) is 14.4 Å². The first-order valence-electron chi connectivity index (χ1n) is 8.45. The molecule has 0 N–H and O–H groups in total. The van der Waals surface area contributed by atoms with E-state index in [0.717, 1.165) is 33.1 Å². The average molecular weight is 323 g/mol. The zero-order chi connectivity index (χ0) is 17.0. The fourth-order valence-corrected chi connectivity index (χ4v) is 3.85. The lowest BCUT2D eigenvalue weighted by Gasteiger charge is -2.13. The van der Waals surface area contributed by atoms with Crippen LogP contribution in [0.4, 0.5) is 0 Å². The topological polar surface area (TPSA) is 30.2 Å². The van der Waals surface area contributed by atoms with Crippen molar-refractivity contribution < 1.29 is 0 Å². The molecule has 2 aromatic carbocycles. The Hall–Kier alpha value is -3.20. The van der Waals surface area contributed by atoms with Crippen molar-refractivity contribution >= 4 is 27.5 Å². The Morgan fingerprint density at radius 2 is 1.52 bits per heavy atom. The van der Waals surface area contributed by atoms with E-state index in [1.165, 1.54) is 16.7 Å². The van der Waals surface area contributed by atoms with Gasteiger partial charge in [-0.1, -0.05) is 42.5 Å². The first kappa shape index (κ1) is 14.2. The monoisotopic (exact) mass is 323 g/mol. The Labute approximate surface area is 145 Å². The molecule has 0 fully saturated rings. The Balaban J connectivity index is 2.05. The summed E-state index contributed by atoms with van der Waals surface area (Å²) in [6, 6.07) is 18.9. The average Bonchev–Trinajstić information content (AvgIpc) is 3.07. The highest BCUT2D eigenvalue weighted by molar-refractivity contribution is 6.10. The lowest BCUT2D eigenvalue weighted by molar-refractivity contribution is 1.23. The van der Waals surface area contributed by atoms with Crippen LogP contribution in [-0.2, 0) is 0 Å². The van der Waals surface area contributed by atoms with Gasteiger partial charge in [0.1, 0.15) is 5.65 Å². The standard InChI is InChI=1S/C22H17N3/c1-14-7-5-8-15(2)20(14)19-13-24-22-17-10-4-3-9-16(17)21-18(25(19)22)11-6-12-23-21/h3-13H,1-2H3. The van der Waals surface area contributed by atoms with Crippen molar-refractivity contribution in [3.63, 3.8) is 0 Å². The second-order valence-electron chi connectivity index (χ2n) is 6.49. The number of rotatable bonds is 1. The van der Waals surface area contributed by atoms with Gasteiger partial charge in [-0.2, -0.15) is 0 Å². The molecule has 0 atom stereocenters. The minimum absolute atomic E-state index is 0.980. The van der Waals surface area contributed by atoms with Gasteiger partial charge in [0.05, 0.1) is 22.9 Å². The summed E-state index contributed by atoms with van der Waals surface area (Å²) in [7, 11) is 0. The number of fused-ring (bicyclic) bond motifs is 6. The van der Waals surface area contributed by atoms with Crippen LogP contribution in [0.5, 0.6) is 0 Å². The number of imidazole rings is 1. The SMILES string of the molecule is Cc1cccc(C)c1-c1cnc2c3ccccc3c3ncccc3n12. The molecule has 3 aromatic heterocycles. The fourth-order valence-electron chi connectivity index (χ4n) is 3.85. The van der Waals surface area contributed by atoms with E-state index < -0.39 is 0 Å². The van der Waals surface area contributed by atoms with Crippen LogP contribution < -0.4 is 0 Å². The molecule has 0 aliphatic carbocycles. The lowest BCUT2D eigenvalue weighted by Crippen LogP contribution is -1.97. The summed E-state index contributed by atoms with van der Waals surface area (Å²) in [6.07, 6.45) is 3.85. The molecule has 0 aliphatic rings. The third-order valence-electron chi connectivity index (χ3n) is 4.95. The zero-order valence-electron chi connectivity index (χ0n) is 14.2. The number of pyridine rings is 2. The van der Waals surface area contributed by atoms with Crippen molar-refractivity contribution in [1.82, 2.24) is 14.4 Å². The van der Waals surface area contributed by atoms with Crippen molar-refractivity contribution in [1.29, 1.82) is 0 Å². The molecule has 0 saturated carbocycles. The van der Waals surface area contributed by atoms with E-state index in [0.29, 0.717) is 0 Å². The van der Waals surface area contributed by atoms with Crippen LogP contribution >= 0.6 is 0 Å². The van der Waals surface area contributed by atoms with Crippen LogP contribution in [0.15, 0.2) is 67.0 Å². The molecule has 3 nitrogen and oxygen atoms in total. The Kier molecular flexibility index (Phi) is 2.92. The Morgan fingerprint density at radius 1 is 0.760 bits per heavy atom. The van der Waals surface area contributed by atoms with Gasteiger partial charge in [-0.15, -0.1) is 0 Å². The van der Waals surface area contributed by atoms with Crippen LogP contribution in [0.2, 0.25) is 0 Å². The molecule has 0 unspecified atom stereocenters. The summed E-state index contributed by atoms with van der Waals surface area (Å²) in [5, 5.41) is 2.27. The van der Waals surface area contributed by atoms with Gasteiger partial charge in [0.2, 0.25) is 0 Å². The Bertz CT molecular complexity index is 1240. The summed E-state index contributed by atoms with van der Waals surface area (Å²) in [6.45, 7) is 4.31. The van der Waals surface area contributed by atoms with Crippen molar-refractivity contribution in [3.05, 3.63) is 78.1 Å². The summed E-state index contributed by atoms with van der Waals surface area (Å²) >= 11 is 0. The maximum absolute atomic E-state index is 4.79. The van der Waals surface area contributed by atoms with Crippen LogP contribution in [0.25, 0.3) is 38.7 Å². The maximum Gasteiger partial charge on any atom is 0.145 e. The quantitative estimate of drug-likeness (QED) is 0.391. The molecule has 3 heteroatoms. The zero-order valence-corrected chi connectivity index (χ0v) is 14.2. The third-order valence-corrected chi connectivity index (χ3v) is 4.95. The number of aromatic nitrogens is 3. The third kappa shape index (κ3) is 1.92. The van der Waals surface area contributed by atoms with Gasteiger partial charge in [-0.3, -0.25) is 9.38 Å². The summed E-state index contributed by atoms with van der Waals surface area (Å²) < 4.78 is 2.25. The van der Waals surface area contributed by atoms with Crippen LogP contribution in [0.3, 0.4) is 0 Å². The van der Waals surface area contributed by atoms with E-state index in [2.05, 4.69) is 71.8 Å². The molecule has 0 radical (unpaired) electrons. The number of hydrogen-bond acceptors (Lipinski definition) is 2. The van der Waals surface area contributed by atoms with E-state index in [-0.39, 0.29) is 0 Å². The van der Waals surface area contributed by atoms with E-state index in [4.69, 9.17) is 4.98 Å². The minimum Gasteiger partial charge on any atom is -0.290 e. The highest BCUT2D eigenvalue weighted by Gasteiger charge is 2.16. The molecule has 0 saturated heterocycles. The molecule has 0 bridgehead atoms. The van der Waals surface area contributed by atoms with Crippen molar-refractivity contribution in [2.45, 2.75) is 13.8 Å². The second-order valence-corrected chi connectivity index (χ2v) is 6.49. The minimum atomic E-state index is 0.980. The largest absolute Gasteiger partial charge is 0.290 e. The van der Waals surface area contributed by atoms with Crippen LogP contribution in [0, 0.1) is 13.8 Å². The van der Waals surface area contributed by atoms with E-state index in [1.807, 2.05) is 18.5 Å². The van der Waals surface area contributed by atoms with E-state index in [1.54, 1.807) is 0 Å². The van der Waals surface area contributed by atoms with Gasteiger partial charge < -0.3 is 0 Å². The number of aryl methyl sites for hydroxylation is 2. The first-order chi connectivity index (χ1) is 12.3. The van der Waals surface area contributed by atoms with Gasteiger partial charge in [-0.25, -0.2) is 4.98 Å². The first-order valence-corrected chi connectivity index (χ1v) is 8.45. The molecule has 5 aromatic rings. The smallest absolute Gasteiger partial charge is 0.145 e. The van der Waals surface area contributed by atoms with E-state index >= 15 is 0 Å². The Morgan fingerprint density at radius 3 is 2.32 bits per heavy atom. The summed E-state index contributed by atoms with van der Waals surface area (Å²) in [5.41, 5.74) is 7.96. The van der Waals surface area contributed by atoms with Gasteiger partial charge in [0, 0.05) is 22.5 Å². The van der Waals surface area contributed by atoms with E-state index in [9.17, 15) is 0 Å². The van der Waals surface area contributed by atoms with Gasteiger partial charge >= 0.3 is 0 Å². The number of nitrogens with zero attached hydrogens (tertiary/aromatic N) is 3. The maximum atomic E-state index is 4.79. The van der Waals surface area contributed by atoms with Gasteiger partial charge in [-0.05, 0) is 37.1 Å². The van der Waals surface area contributed by atoms with Crippen molar-refractivity contribution in [2.75, 3.05) is 0 Å². The molecule has 5 rings (SSSR count). The number of benzene rings is 2. The number of hydrogen-bond donors (Lipinski definition) is 0. The molecule has 0 amide bonds. The molecule has 0 aliphatic heterocycles. The molecule has 25 heavy (non-hydrogen) atoms. The lowest BCUT2D eigenvalue weighted by atomic mass is 10.0.